The number of aromatic nitrogens is 2. The van der Waals surface area contributed by atoms with E-state index in [-0.39, 0.29) is 12.0 Å². The van der Waals surface area contributed by atoms with Gasteiger partial charge in [-0.25, -0.2) is 4.98 Å². The number of hydrogen-bond donors (Lipinski definition) is 2. The van der Waals surface area contributed by atoms with Crippen LogP contribution in [0.5, 0.6) is 0 Å². The van der Waals surface area contributed by atoms with E-state index in [9.17, 15) is 0 Å². The van der Waals surface area contributed by atoms with Crippen molar-refractivity contribution in [3.05, 3.63) is 77.0 Å². The summed E-state index contributed by atoms with van der Waals surface area (Å²) >= 11 is 3.57. The van der Waals surface area contributed by atoms with Crippen LogP contribution in [0.15, 0.2) is 71.5 Å². The number of benzene rings is 1. The SMILES string of the molecule is C[C@H](CNc1ccc(Br)c(-c2ccncc2)n1)[C@H](N)c1ccccc1. The molecule has 0 radical (unpaired) electrons. The van der Waals surface area contributed by atoms with E-state index in [0.29, 0.717) is 0 Å². The number of anilines is 1. The van der Waals surface area contributed by atoms with Gasteiger partial charge < -0.3 is 11.1 Å². The van der Waals surface area contributed by atoms with Crippen LogP contribution in [-0.2, 0) is 0 Å². The van der Waals surface area contributed by atoms with Crippen molar-refractivity contribution in [3.8, 4) is 11.3 Å². The molecule has 0 saturated carbocycles. The topological polar surface area (TPSA) is 63.8 Å². The first-order chi connectivity index (χ1) is 12.1. The Morgan fingerprint density at radius 2 is 1.76 bits per heavy atom. The summed E-state index contributed by atoms with van der Waals surface area (Å²) in [5.41, 5.74) is 9.45. The molecule has 3 aromatic rings. The van der Waals surface area contributed by atoms with Crippen molar-refractivity contribution in [1.29, 1.82) is 0 Å². The number of halogens is 1. The Balaban J connectivity index is 1.69. The quantitative estimate of drug-likeness (QED) is 0.635. The molecule has 1 aromatic carbocycles. The summed E-state index contributed by atoms with van der Waals surface area (Å²) in [5, 5.41) is 3.40. The third kappa shape index (κ3) is 4.44. The minimum atomic E-state index is -0.0104. The molecule has 0 saturated heterocycles. The molecular weight excluding hydrogens is 376 g/mol. The number of pyridine rings is 2. The second-order valence-corrected chi connectivity index (χ2v) is 6.91. The number of nitrogens with one attached hydrogen (secondary N) is 1. The van der Waals surface area contributed by atoms with Gasteiger partial charge in [0.25, 0.3) is 0 Å². The van der Waals surface area contributed by atoms with Gasteiger partial charge in [-0.2, -0.15) is 0 Å². The first kappa shape index (κ1) is 17.6. The van der Waals surface area contributed by atoms with Crippen LogP contribution in [-0.4, -0.2) is 16.5 Å². The number of nitrogens with zero attached hydrogens (tertiary/aromatic N) is 2. The number of rotatable bonds is 6. The molecule has 3 rings (SSSR count). The highest BCUT2D eigenvalue weighted by molar-refractivity contribution is 9.10. The van der Waals surface area contributed by atoms with Crippen LogP contribution in [0.3, 0.4) is 0 Å². The number of hydrogen-bond acceptors (Lipinski definition) is 4. The van der Waals surface area contributed by atoms with Crippen LogP contribution in [0, 0.1) is 5.92 Å². The summed E-state index contributed by atoms with van der Waals surface area (Å²) in [6.45, 7) is 2.90. The van der Waals surface area contributed by atoms with Gasteiger partial charge in [-0.05, 0) is 51.7 Å². The van der Waals surface area contributed by atoms with Crippen molar-refractivity contribution < 1.29 is 0 Å². The highest BCUT2D eigenvalue weighted by Gasteiger charge is 2.15. The lowest BCUT2D eigenvalue weighted by Crippen LogP contribution is -2.25. The second-order valence-electron chi connectivity index (χ2n) is 6.06. The Hall–Kier alpha value is -2.24. The molecule has 5 heteroatoms. The zero-order valence-electron chi connectivity index (χ0n) is 14.1. The van der Waals surface area contributed by atoms with Gasteiger partial charge in [-0.1, -0.05) is 37.3 Å². The van der Waals surface area contributed by atoms with Crippen molar-refractivity contribution >= 4 is 21.7 Å². The maximum atomic E-state index is 6.37. The lowest BCUT2D eigenvalue weighted by atomic mass is 9.95. The van der Waals surface area contributed by atoms with E-state index in [1.807, 2.05) is 42.5 Å². The highest BCUT2D eigenvalue weighted by atomic mass is 79.9. The normalized spacial score (nSPS) is 13.2. The predicted molar refractivity (Wildman–Crippen MR) is 106 cm³/mol. The molecule has 0 bridgehead atoms. The molecule has 25 heavy (non-hydrogen) atoms. The van der Waals surface area contributed by atoms with Gasteiger partial charge in [0.2, 0.25) is 0 Å². The van der Waals surface area contributed by atoms with Crippen LogP contribution in [0.25, 0.3) is 11.3 Å². The minimum absolute atomic E-state index is 0.0104. The lowest BCUT2D eigenvalue weighted by molar-refractivity contribution is 0.493. The zero-order chi connectivity index (χ0) is 17.6. The van der Waals surface area contributed by atoms with Gasteiger partial charge >= 0.3 is 0 Å². The van der Waals surface area contributed by atoms with Gasteiger partial charge in [0.15, 0.2) is 0 Å². The smallest absolute Gasteiger partial charge is 0.126 e. The Labute approximate surface area is 156 Å². The predicted octanol–water partition coefficient (Wildman–Crippen LogP) is 4.65. The summed E-state index contributed by atoms with van der Waals surface area (Å²) in [6, 6.07) is 18.0. The minimum Gasteiger partial charge on any atom is -0.370 e. The largest absolute Gasteiger partial charge is 0.370 e. The van der Waals surface area contributed by atoms with Gasteiger partial charge in [0.1, 0.15) is 5.82 Å². The van der Waals surface area contributed by atoms with E-state index in [0.717, 1.165) is 33.7 Å². The molecule has 2 atom stereocenters. The molecule has 3 N–H and O–H groups in total. The van der Waals surface area contributed by atoms with Crippen molar-refractivity contribution in [2.24, 2.45) is 11.7 Å². The summed E-state index contributed by atoms with van der Waals surface area (Å²) in [5.74, 6) is 1.11. The molecule has 0 fully saturated rings. The van der Waals surface area contributed by atoms with E-state index < -0.39 is 0 Å². The van der Waals surface area contributed by atoms with E-state index in [4.69, 9.17) is 10.7 Å². The van der Waals surface area contributed by atoms with Gasteiger partial charge in [-0.3, -0.25) is 4.98 Å². The molecule has 128 valence electrons. The van der Waals surface area contributed by atoms with Crippen LogP contribution < -0.4 is 11.1 Å². The fourth-order valence-corrected chi connectivity index (χ4v) is 3.10. The molecule has 0 amide bonds. The molecule has 2 aromatic heterocycles. The van der Waals surface area contributed by atoms with Crippen molar-refractivity contribution in [3.63, 3.8) is 0 Å². The van der Waals surface area contributed by atoms with Gasteiger partial charge in [-0.15, -0.1) is 0 Å². The third-order valence-corrected chi connectivity index (χ3v) is 4.84. The first-order valence-electron chi connectivity index (χ1n) is 8.26. The van der Waals surface area contributed by atoms with Crippen molar-refractivity contribution in [1.82, 2.24) is 9.97 Å². The van der Waals surface area contributed by atoms with Crippen LogP contribution in [0.1, 0.15) is 18.5 Å². The summed E-state index contributed by atoms with van der Waals surface area (Å²) in [6.07, 6.45) is 3.54. The average molecular weight is 397 g/mol. The van der Waals surface area contributed by atoms with Gasteiger partial charge in [0.05, 0.1) is 5.69 Å². The summed E-state index contributed by atoms with van der Waals surface area (Å²) in [4.78, 5) is 8.78. The third-order valence-electron chi connectivity index (χ3n) is 4.20. The molecule has 0 spiro atoms. The Morgan fingerprint density at radius 1 is 1.04 bits per heavy atom. The maximum Gasteiger partial charge on any atom is 0.126 e. The van der Waals surface area contributed by atoms with E-state index in [2.05, 4.69) is 45.3 Å². The Kier molecular flexibility index (Phi) is 5.79. The highest BCUT2D eigenvalue weighted by Crippen LogP contribution is 2.27. The molecular formula is C20H21BrN4. The van der Waals surface area contributed by atoms with E-state index >= 15 is 0 Å². The van der Waals surface area contributed by atoms with Gasteiger partial charge in [0, 0.05) is 35.0 Å². The van der Waals surface area contributed by atoms with Crippen LogP contribution in [0.4, 0.5) is 5.82 Å². The van der Waals surface area contributed by atoms with E-state index in [1.165, 1.54) is 0 Å². The first-order valence-corrected chi connectivity index (χ1v) is 9.06. The molecule has 0 aliphatic rings. The monoisotopic (exact) mass is 396 g/mol. The molecule has 2 heterocycles. The number of nitrogens with two attached hydrogens (primary N) is 1. The zero-order valence-corrected chi connectivity index (χ0v) is 15.6. The lowest BCUT2D eigenvalue weighted by Gasteiger charge is -2.21. The fourth-order valence-electron chi connectivity index (χ4n) is 2.65. The molecule has 0 aliphatic heterocycles. The Bertz CT molecular complexity index is 808. The Morgan fingerprint density at radius 3 is 2.48 bits per heavy atom. The molecule has 0 unspecified atom stereocenters. The van der Waals surface area contributed by atoms with Crippen molar-refractivity contribution in [2.75, 3.05) is 11.9 Å². The van der Waals surface area contributed by atoms with E-state index in [1.54, 1.807) is 12.4 Å². The second kappa shape index (κ2) is 8.23. The molecule has 0 aliphatic carbocycles. The van der Waals surface area contributed by atoms with Crippen LogP contribution >= 0.6 is 15.9 Å². The molecule has 4 nitrogen and oxygen atoms in total. The fraction of sp³-hybridized carbons (Fsp3) is 0.200. The standard InChI is InChI=1S/C20H21BrN4/c1-14(19(22)15-5-3-2-4-6-15)13-24-18-8-7-17(21)20(25-18)16-9-11-23-12-10-16/h2-12,14,19H,13,22H2,1H3,(H,24,25)/t14-,19+/m1/s1. The summed E-state index contributed by atoms with van der Waals surface area (Å²) < 4.78 is 0.957. The average Bonchev–Trinajstić information content (AvgIpc) is 2.68. The summed E-state index contributed by atoms with van der Waals surface area (Å²) in [7, 11) is 0. The maximum absolute atomic E-state index is 6.37. The van der Waals surface area contributed by atoms with Crippen LogP contribution in [0.2, 0.25) is 0 Å². The van der Waals surface area contributed by atoms with Crippen molar-refractivity contribution in [2.45, 2.75) is 13.0 Å².